The molecule has 1 fully saturated rings. The number of hydrogen-bond donors (Lipinski definition) is 0. The molecule has 7 heteroatoms. The predicted molar refractivity (Wildman–Crippen MR) is 96.1 cm³/mol. The Morgan fingerprint density at radius 1 is 1.04 bits per heavy atom. The van der Waals surface area contributed by atoms with Crippen molar-refractivity contribution >= 4 is 26.7 Å². The lowest BCUT2D eigenvalue weighted by molar-refractivity contribution is -0.129. The third-order valence-corrected chi connectivity index (χ3v) is 6.31. The summed E-state index contributed by atoms with van der Waals surface area (Å²) in [6.45, 7) is 5.52. The Hall–Kier alpha value is -2.12. The first-order chi connectivity index (χ1) is 11.9. The van der Waals surface area contributed by atoms with Gasteiger partial charge >= 0.3 is 0 Å². The third-order valence-electron chi connectivity index (χ3n) is 4.42. The van der Waals surface area contributed by atoms with Crippen LogP contribution < -0.4 is 4.74 Å². The molecule has 2 aromatic rings. The van der Waals surface area contributed by atoms with E-state index in [0.717, 1.165) is 16.5 Å². The van der Waals surface area contributed by atoms with E-state index in [2.05, 4.69) is 0 Å². The molecule has 0 radical (unpaired) electrons. The number of piperazine rings is 1. The standard InChI is InChI=1S/C18H22N2O4S/c1-3-24-17-6-4-16-13-18(7-5-15(16)12-17)25(22,23)20-10-8-19(9-11-20)14(2)21/h4-7,12-13H,3,8-11H2,1-2H3. The van der Waals surface area contributed by atoms with Crippen molar-refractivity contribution in [1.82, 2.24) is 9.21 Å². The van der Waals surface area contributed by atoms with Gasteiger partial charge in [-0.1, -0.05) is 12.1 Å². The van der Waals surface area contributed by atoms with Gasteiger partial charge in [0.05, 0.1) is 11.5 Å². The van der Waals surface area contributed by atoms with E-state index in [4.69, 9.17) is 4.74 Å². The topological polar surface area (TPSA) is 66.9 Å². The smallest absolute Gasteiger partial charge is 0.243 e. The summed E-state index contributed by atoms with van der Waals surface area (Å²) in [6, 6.07) is 10.7. The van der Waals surface area contributed by atoms with Crippen LogP contribution in [0.2, 0.25) is 0 Å². The van der Waals surface area contributed by atoms with Crippen molar-refractivity contribution in [2.45, 2.75) is 18.7 Å². The summed E-state index contributed by atoms with van der Waals surface area (Å²) in [4.78, 5) is 13.3. The van der Waals surface area contributed by atoms with Crippen LogP contribution in [0.5, 0.6) is 5.75 Å². The molecule has 1 aliphatic rings. The van der Waals surface area contributed by atoms with Gasteiger partial charge in [-0.15, -0.1) is 0 Å². The largest absolute Gasteiger partial charge is 0.494 e. The molecule has 25 heavy (non-hydrogen) atoms. The summed E-state index contributed by atoms with van der Waals surface area (Å²) in [5, 5.41) is 1.79. The van der Waals surface area contributed by atoms with Crippen LogP contribution in [-0.4, -0.2) is 56.3 Å². The molecule has 3 rings (SSSR count). The van der Waals surface area contributed by atoms with Crippen LogP contribution >= 0.6 is 0 Å². The minimum absolute atomic E-state index is 0.0205. The van der Waals surface area contributed by atoms with Crippen LogP contribution in [-0.2, 0) is 14.8 Å². The van der Waals surface area contributed by atoms with Gasteiger partial charge in [-0.2, -0.15) is 4.31 Å². The number of benzene rings is 2. The summed E-state index contributed by atoms with van der Waals surface area (Å²) in [5.74, 6) is 0.749. The van der Waals surface area contributed by atoms with Crippen molar-refractivity contribution < 1.29 is 17.9 Å². The molecule has 134 valence electrons. The van der Waals surface area contributed by atoms with E-state index < -0.39 is 10.0 Å². The van der Waals surface area contributed by atoms with Crippen LogP contribution in [0.25, 0.3) is 10.8 Å². The maximum Gasteiger partial charge on any atom is 0.243 e. The molecule has 2 aromatic carbocycles. The number of carbonyl (C=O) groups excluding carboxylic acids is 1. The number of amides is 1. The second kappa shape index (κ2) is 7.01. The second-order valence-electron chi connectivity index (χ2n) is 6.01. The van der Waals surface area contributed by atoms with Crippen molar-refractivity contribution in [2.75, 3.05) is 32.8 Å². The van der Waals surface area contributed by atoms with E-state index in [9.17, 15) is 13.2 Å². The molecule has 1 heterocycles. The fourth-order valence-electron chi connectivity index (χ4n) is 3.01. The molecule has 6 nitrogen and oxygen atoms in total. The average molecular weight is 362 g/mol. The summed E-state index contributed by atoms with van der Waals surface area (Å²) in [5.41, 5.74) is 0. The zero-order valence-corrected chi connectivity index (χ0v) is 15.3. The molecule has 0 aliphatic carbocycles. The number of fused-ring (bicyclic) bond motifs is 1. The van der Waals surface area contributed by atoms with Gasteiger partial charge in [0.15, 0.2) is 0 Å². The van der Waals surface area contributed by atoms with Crippen LogP contribution in [0.1, 0.15) is 13.8 Å². The lowest BCUT2D eigenvalue weighted by Crippen LogP contribution is -2.49. The number of nitrogens with zero attached hydrogens (tertiary/aromatic N) is 2. The minimum atomic E-state index is -3.56. The predicted octanol–water partition coefficient (Wildman–Crippen LogP) is 2.09. The van der Waals surface area contributed by atoms with Crippen molar-refractivity contribution in [1.29, 1.82) is 0 Å². The van der Waals surface area contributed by atoms with Gasteiger partial charge in [-0.25, -0.2) is 8.42 Å². The zero-order valence-electron chi connectivity index (χ0n) is 14.4. The fourth-order valence-corrected chi connectivity index (χ4v) is 4.47. The van der Waals surface area contributed by atoms with E-state index >= 15 is 0 Å². The second-order valence-corrected chi connectivity index (χ2v) is 7.95. The van der Waals surface area contributed by atoms with Crippen molar-refractivity contribution in [3.8, 4) is 5.75 Å². The number of rotatable bonds is 4. The van der Waals surface area contributed by atoms with Crippen molar-refractivity contribution in [2.24, 2.45) is 0 Å². The Morgan fingerprint density at radius 3 is 2.32 bits per heavy atom. The first-order valence-corrected chi connectivity index (χ1v) is 9.78. The highest BCUT2D eigenvalue weighted by Crippen LogP contribution is 2.26. The van der Waals surface area contributed by atoms with E-state index in [0.29, 0.717) is 32.8 Å². The first-order valence-electron chi connectivity index (χ1n) is 8.34. The van der Waals surface area contributed by atoms with Gasteiger partial charge < -0.3 is 9.64 Å². The molecule has 1 amide bonds. The third kappa shape index (κ3) is 3.62. The zero-order chi connectivity index (χ0) is 18.0. The van der Waals surface area contributed by atoms with Gasteiger partial charge in [0.2, 0.25) is 15.9 Å². The number of hydrogen-bond acceptors (Lipinski definition) is 4. The van der Waals surface area contributed by atoms with Gasteiger partial charge in [0.25, 0.3) is 0 Å². The highest BCUT2D eigenvalue weighted by molar-refractivity contribution is 7.89. The Bertz CT molecular complexity index is 887. The van der Waals surface area contributed by atoms with Gasteiger partial charge in [0.1, 0.15) is 5.75 Å². The average Bonchev–Trinajstić information content (AvgIpc) is 2.61. The first kappa shape index (κ1) is 17.7. The van der Waals surface area contributed by atoms with E-state index in [1.807, 2.05) is 25.1 Å². The van der Waals surface area contributed by atoms with Crippen molar-refractivity contribution in [3.63, 3.8) is 0 Å². The number of carbonyl (C=O) groups is 1. The van der Waals surface area contributed by atoms with Gasteiger partial charge in [-0.05, 0) is 42.0 Å². The Kier molecular flexibility index (Phi) is 4.96. The molecule has 0 atom stereocenters. The molecule has 0 N–H and O–H groups in total. The quantitative estimate of drug-likeness (QED) is 0.835. The molecule has 0 aromatic heterocycles. The molecule has 0 spiro atoms. The summed E-state index contributed by atoms with van der Waals surface area (Å²) in [7, 11) is -3.56. The van der Waals surface area contributed by atoms with Crippen LogP contribution in [0.15, 0.2) is 41.3 Å². The highest BCUT2D eigenvalue weighted by atomic mass is 32.2. The van der Waals surface area contributed by atoms with Gasteiger partial charge in [0, 0.05) is 33.1 Å². The molecule has 0 bridgehead atoms. The molecule has 1 saturated heterocycles. The molecular formula is C18H22N2O4S. The lowest BCUT2D eigenvalue weighted by Gasteiger charge is -2.33. The fraction of sp³-hybridized carbons (Fsp3) is 0.389. The summed E-state index contributed by atoms with van der Waals surface area (Å²) >= 11 is 0. The van der Waals surface area contributed by atoms with Crippen LogP contribution in [0.4, 0.5) is 0 Å². The Balaban J connectivity index is 1.85. The summed E-state index contributed by atoms with van der Waals surface area (Å²) < 4.78 is 32.7. The van der Waals surface area contributed by atoms with Crippen LogP contribution in [0, 0.1) is 0 Å². The lowest BCUT2D eigenvalue weighted by atomic mass is 10.1. The normalized spacial score (nSPS) is 16.2. The maximum atomic E-state index is 12.9. The number of sulfonamides is 1. The minimum Gasteiger partial charge on any atom is -0.494 e. The van der Waals surface area contributed by atoms with E-state index in [-0.39, 0.29) is 10.8 Å². The Morgan fingerprint density at radius 2 is 1.68 bits per heavy atom. The van der Waals surface area contributed by atoms with E-state index in [1.54, 1.807) is 23.1 Å². The van der Waals surface area contributed by atoms with Crippen molar-refractivity contribution in [3.05, 3.63) is 36.4 Å². The maximum absolute atomic E-state index is 12.9. The van der Waals surface area contributed by atoms with Crippen LogP contribution in [0.3, 0.4) is 0 Å². The molecule has 0 unspecified atom stereocenters. The number of ether oxygens (including phenoxy) is 1. The van der Waals surface area contributed by atoms with Gasteiger partial charge in [-0.3, -0.25) is 4.79 Å². The SMILES string of the molecule is CCOc1ccc2cc(S(=O)(=O)N3CCN(C(C)=O)CC3)ccc2c1. The Labute approximate surface area is 148 Å². The molecule has 0 saturated carbocycles. The molecular weight excluding hydrogens is 340 g/mol. The molecule has 1 aliphatic heterocycles. The van der Waals surface area contributed by atoms with E-state index in [1.165, 1.54) is 11.2 Å². The summed E-state index contributed by atoms with van der Waals surface area (Å²) in [6.07, 6.45) is 0. The highest BCUT2D eigenvalue weighted by Gasteiger charge is 2.29. The monoisotopic (exact) mass is 362 g/mol.